The predicted molar refractivity (Wildman–Crippen MR) is 74.0 cm³/mol. The highest BCUT2D eigenvalue weighted by Crippen LogP contribution is 2.16. The molecule has 1 atom stereocenters. The summed E-state index contributed by atoms with van der Waals surface area (Å²) in [4.78, 5) is 11.9. The van der Waals surface area contributed by atoms with E-state index in [-0.39, 0.29) is 24.4 Å². The van der Waals surface area contributed by atoms with E-state index < -0.39 is 0 Å². The van der Waals surface area contributed by atoms with Gasteiger partial charge in [-0.25, -0.2) is 0 Å². The molecule has 18 heavy (non-hydrogen) atoms. The second-order valence-electron chi connectivity index (χ2n) is 3.79. The fourth-order valence-electron chi connectivity index (χ4n) is 1.71. The van der Waals surface area contributed by atoms with Gasteiger partial charge in [0.1, 0.15) is 11.0 Å². The van der Waals surface area contributed by atoms with Gasteiger partial charge in [-0.3, -0.25) is 10.1 Å². The van der Waals surface area contributed by atoms with Gasteiger partial charge in [0.15, 0.2) is 0 Å². The molecular formula is C10H12ClN5OS. The molecule has 1 fully saturated rings. The SMILES string of the molecule is Cl.O=C(Nc1ccc2n[nH]nc2c1)C1CSCN1. The van der Waals surface area contributed by atoms with E-state index in [0.29, 0.717) is 0 Å². The number of halogens is 1. The number of fused-ring (bicyclic) bond motifs is 1. The third kappa shape index (κ3) is 2.58. The largest absolute Gasteiger partial charge is 0.325 e. The number of amides is 1. The van der Waals surface area contributed by atoms with Crippen LogP contribution < -0.4 is 10.6 Å². The second-order valence-corrected chi connectivity index (χ2v) is 4.82. The van der Waals surface area contributed by atoms with Crippen molar-refractivity contribution in [1.29, 1.82) is 0 Å². The number of thioether (sulfide) groups is 1. The zero-order valence-electron chi connectivity index (χ0n) is 9.34. The third-order valence-electron chi connectivity index (χ3n) is 2.62. The number of aromatic nitrogens is 3. The fourth-order valence-corrected chi connectivity index (χ4v) is 2.65. The Labute approximate surface area is 114 Å². The third-order valence-corrected chi connectivity index (χ3v) is 3.56. The summed E-state index contributed by atoms with van der Waals surface area (Å²) in [6.45, 7) is 0. The van der Waals surface area contributed by atoms with Crippen LogP contribution in [0.2, 0.25) is 0 Å². The van der Waals surface area contributed by atoms with E-state index in [1.807, 2.05) is 12.1 Å². The van der Waals surface area contributed by atoms with Gasteiger partial charge < -0.3 is 5.32 Å². The number of rotatable bonds is 2. The van der Waals surface area contributed by atoms with Crippen LogP contribution in [0.15, 0.2) is 18.2 Å². The normalized spacial score (nSPS) is 18.6. The van der Waals surface area contributed by atoms with E-state index in [2.05, 4.69) is 26.0 Å². The van der Waals surface area contributed by atoms with Crippen molar-refractivity contribution in [2.45, 2.75) is 6.04 Å². The Hall–Kier alpha value is -1.31. The van der Waals surface area contributed by atoms with Crippen molar-refractivity contribution >= 4 is 46.8 Å². The highest BCUT2D eigenvalue weighted by molar-refractivity contribution is 7.99. The topological polar surface area (TPSA) is 82.7 Å². The first-order valence-corrected chi connectivity index (χ1v) is 6.41. The number of hydrogen-bond acceptors (Lipinski definition) is 5. The van der Waals surface area contributed by atoms with Crippen molar-refractivity contribution in [3.63, 3.8) is 0 Å². The second kappa shape index (κ2) is 5.55. The number of hydrogen-bond donors (Lipinski definition) is 3. The number of aromatic amines is 1. The minimum absolute atomic E-state index is 0. The maximum atomic E-state index is 11.9. The van der Waals surface area contributed by atoms with E-state index in [0.717, 1.165) is 28.4 Å². The lowest BCUT2D eigenvalue weighted by atomic mass is 10.2. The quantitative estimate of drug-likeness (QED) is 0.766. The molecule has 6 nitrogen and oxygen atoms in total. The summed E-state index contributed by atoms with van der Waals surface area (Å²) in [6, 6.07) is 5.35. The summed E-state index contributed by atoms with van der Waals surface area (Å²) in [5, 5.41) is 16.5. The molecule has 3 rings (SSSR count). The number of H-pyrrole nitrogens is 1. The molecule has 1 saturated heterocycles. The molecule has 0 saturated carbocycles. The Kier molecular flexibility index (Phi) is 4.05. The molecule has 8 heteroatoms. The summed E-state index contributed by atoms with van der Waals surface area (Å²) in [5.41, 5.74) is 2.28. The van der Waals surface area contributed by atoms with Crippen molar-refractivity contribution in [3.05, 3.63) is 18.2 Å². The highest BCUT2D eigenvalue weighted by atomic mass is 35.5. The smallest absolute Gasteiger partial charge is 0.242 e. The Morgan fingerprint density at radius 2 is 2.22 bits per heavy atom. The molecule has 3 N–H and O–H groups in total. The summed E-state index contributed by atoms with van der Waals surface area (Å²) < 4.78 is 0. The van der Waals surface area contributed by atoms with E-state index in [1.165, 1.54) is 0 Å². The van der Waals surface area contributed by atoms with Gasteiger partial charge >= 0.3 is 0 Å². The van der Waals surface area contributed by atoms with Crippen LogP contribution in [0, 0.1) is 0 Å². The zero-order valence-corrected chi connectivity index (χ0v) is 11.0. The number of nitrogens with one attached hydrogen (secondary N) is 3. The van der Waals surface area contributed by atoms with Crippen molar-refractivity contribution in [2.24, 2.45) is 0 Å². The molecule has 96 valence electrons. The van der Waals surface area contributed by atoms with Crippen molar-refractivity contribution < 1.29 is 4.79 Å². The molecular weight excluding hydrogens is 274 g/mol. The molecule has 0 spiro atoms. The molecule has 1 aliphatic heterocycles. The lowest BCUT2D eigenvalue weighted by molar-refractivity contribution is -0.117. The van der Waals surface area contributed by atoms with Gasteiger partial charge in [-0.05, 0) is 18.2 Å². The first-order valence-electron chi connectivity index (χ1n) is 5.25. The number of carbonyl (C=O) groups is 1. The molecule has 1 aromatic carbocycles. The molecule has 2 heterocycles. The molecule has 0 bridgehead atoms. The highest BCUT2D eigenvalue weighted by Gasteiger charge is 2.22. The maximum absolute atomic E-state index is 11.9. The van der Waals surface area contributed by atoms with Crippen LogP contribution in [0.25, 0.3) is 11.0 Å². The van der Waals surface area contributed by atoms with Gasteiger partial charge in [0, 0.05) is 17.3 Å². The lowest BCUT2D eigenvalue weighted by Crippen LogP contribution is -2.37. The number of anilines is 1. The lowest BCUT2D eigenvalue weighted by Gasteiger charge is -2.10. The Bertz CT molecular complexity index is 554. The molecule has 0 aliphatic carbocycles. The molecule has 0 radical (unpaired) electrons. The van der Waals surface area contributed by atoms with Crippen LogP contribution in [0.3, 0.4) is 0 Å². The number of carbonyl (C=O) groups excluding carboxylic acids is 1. The van der Waals surface area contributed by atoms with E-state index >= 15 is 0 Å². The van der Waals surface area contributed by atoms with Crippen LogP contribution in [-0.2, 0) is 4.79 Å². The van der Waals surface area contributed by atoms with Gasteiger partial charge in [-0.1, -0.05) is 0 Å². The molecule has 1 aliphatic rings. The van der Waals surface area contributed by atoms with Crippen LogP contribution in [0.1, 0.15) is 0 Å². The minimum atomic E-state index is -0.104. The first kappa shape index (κ1) is 13.1. The maximum Gasteiger partial charge on any atom is 0.242 e. The van der Waals surface area contributed by atoms with E-state index in [4.69, 9.17) is 0 Å². The Balaban J connectivity index is 0.00000120. The van der Waals surface area contributed by atoms with Gasteiger partial charge in [0.25, 0.3) is 0 Å². The zero-order chi connectivity index (χ0) is 11.7. The van der Waals surface area contributed by atoms with E-state index in [1.54, 1.807) is 17.8 Å². The van der Waals surface area contributed by atoms with Gasteiger partial charge in [0.2, 0.25) is 5.91 Å². The molecule has 1 unspecified atom stereocenters. The van der Waals surface area contributed by atoms with Gasteiger partial charge in [0.05, 0.1) is 6.04 Å². The summed E-state index contributed by atoms with van der Waals surface area (Å²) in [6.07, 6.45) is 0. The van der Waals surface area contributed by atoms with Crippen molar-refractivity contribution in [1.82, 2.24) is 20.7 Å². The van der Waals surface area contributed by atoms with Crippen molar-refractivity contribution in [3.8, 4) is 0 Å². The van der Waals surface area contributed by atoms with Crippen LogP contribution >= 0.6 is 24.2 Å². The first-order chi connectivity index (χ1) is 8.33. The summed E-state index contributed by atoms with van der Waals surface area (Å²) >= 11 is 1.73. The van der Waals surface area contributed by atoms with Gasteiger partial charge in [-0.15, -0.1) is 24.2 Å². The molecule has 2 aromatic rings. The van der Waals surface area contributed by atoms with E-state index in [9.17, 15) is 4.79 Å². The Morgan fingerprint density at radius 1 is 1.39 bits per heavy atom. The standard InChI is InChI=1S/C10H11N5OS.ClH/c16-10(9-4-17-5-11-9)12-6-1-2-7-8(3-6)14-15-13-7;/h1-3,9,11H,4-5H2,(H,12,16)(H,13,14,15);1H. The van der Waals surface area contributed by atoms with Crippen molar-refractivity contribution in [2.75, 3.05) is 16.9 Å². The number of benzene rings is 1. The summed E-state index contributed by atoms with van der Waals surface area (Å²) in [5.74, 6) is 1.65. The van der Waals surface area contributed by atoms with Crippen LogP contribution in [0.5, 0.6) is 0 Å². The fraction of sp³-hybridized carbons (Fsp3) is 0.300. The average Bonchev–Trinajstić information content (AvgIpc) is 2.99. The van der Waals surface area contributed by atoms with Crippen LogP contribution in [-0.4, -0.2) is 39.0 Å². The van der Waals surface area contributed by atoms with Gasteiger partial charge in [-0.2, -0.15) is 15.4 Å². The Morgan fingerprint density at radius 3 is 3.00 bits per heavy atom. The van der Waals surface area contributed by atoms with Crippen LogP contribution in [0.4, 0.5) is 5.69 Å². The predicted octanol–water partition coefficient (Wildman–Crippen LogP) is 0.981. The summed E-state index contributed by atoms with van der Waals surface area (Å²) in [7, 11) is 0. The molecule has 1 aromatic heterocycles. The monoisotopic (exact) mass is 285 g/mol. The average molecular weight is 286 g/mol. The molecule has 1 amide bonds. The number of nitrogens with zero attached hydrogens (tertiary/aromatic N) is 2. The minimum Gasteiger partial charge on any atom is -0.325 e.